The van der Waals surface area contributed by atoms with Crippen molar-refractivity contribution in [1.82, 2.24) is 9.97 Å². The van der Waals surface area contributed by atoms with Gasteiger partial charge in [0.15, 0.2) is 0 Å². The highest BCUT2D eigenvalue weighted by Gasteiger charge is 2.33. The Kier molecular flexibility index (Phi) is 4.48. The standard InChI is InChI=1S/C20H28N4/c1-6-14(2)21-19-22-15(3)11-18(23-19)24-13-17-10-8-7-9-16(17)12-20(24,4)5/h7-11,14H,6,12-13H2,1-5H3,(H,21,22,23)/t14-/m1/s1. The van der Waals surface area contributed by atoms with Crippen LogP contribution in [0.5, 0.6) is 0 Å². The Hall–Kier alpha value is -2.10. The van der Waals surface area contributed by atoms with Gasteiger partial charge in [-0.25, -0.2) is 4.98 Å². The molecule has 0 bridgehead atoms. The first-order valence-electron chi connectivity index (χ1n) is 8.85. The van der Waals surface area contributed by atoms with Crippen LogP contribution in [0, 0.1) is 6.92 Å². The van der Waals surface area contributed by atoms with Crippen molar-refractivity contribution in [2.75, 3.05) is 10.2 Å². The van der Waals surface area contributed by atoms with Crippen LogP contribution in [-0.4, -0.2) is 21.5 Å². The van der Waals surface area contributed by atoms with E-state index < -0.39 is 0 Å². The van der Waals surface area contributed by atoms with Gasteiger partial charge in [0, 0.05) is 29.9 Å². The molecule has 4 nitrogen and oxygen atoms in total. The predicted octanol–water partition coefficient (Wildman–Crippen LogP) is 4.34. The molecule has 1 aromatic heterocycles. The maximum atomic E-state index is 4.82. The van der Waals surface area contributed by atoms with Crippen LogP contribution in [0.15, 0.2) is 30.3 Å². The third-order valence-corrected chi connectivity index (χ3v) is 4.91. The van der Waals surface area contributed by atoms with Gasteiger partial charge in [0.25, 0.3) is 0 Å². The Balaban J connectivity index is 1.96. The van der Waals surface area contributed by atoms with Crippen molar-refractivity contribution in [2.45, 2.75) is 65.6 Å². The molecule has 3 rings (SSSR count). The lowest BCUT2D eigenvalue weighted by Gasteiger charge is -2.44. The Bertz CT molecular complexity index is 723. The molecular weight excluding hydrogens is 296 g/mol. The lowest BCUT2D eigenvalue weighted by atomic mass is 9.85. The summed E-state index contributed by atoms with van der Waals surface area (Å²) in [5.41, 5.74) is 3.87. The molecule has 0 amide bonds. The maximum Gasteiger partial charge on any atom is 0.225 e. The zero-order valence-electron chi connectivity index (χ0n) is 15.4. The molecule has 0 saturated carbocycles. The van der Waals surface area contributed by atoms with Gasteiger partial charge in [-0.15, -0.1) is 0 Å². The van der Waals surface area contributed by atoms with E-state index in [1.807, 2.05) is 6.92 Å². The first-order chi connectivity index (χ1) is 11.4. The van der Waals surface area contributed by atoms with E-state index in [2.05, 4.69) is 73.2 Å². The third kappa shape index (κ3) is 3.37. The molecule has 0 radical (unpaired) electrons. The van der Waals surface area contributed by atoms with Crippen LogP contribution in [0.2, 0.25) is 0 Å². The number of nitrogens with one attached hydrogen (secondary N) is 1. The van der Waals surface area contributed by atoms with Gasteiger partial charge in [-0.3, -0.25) is 0 Å². The molecule has 0 unspecified atom stereocenters. The van der Waals surface area contributed by atoms with Crippen LogP contribution in [-0.2, 0) is 13.0 Å². The molecule has 1 aliphatic heterocycles. The van der Waals surface area contributed by atoms with Gasteiger partial charge in [-0.2, -0.15) is 4.98 Å². The van der Waals surface area contributed by atoms with Gasteiger partial charge < -0.3 is 10.2 Å². The number of anilines is 2. The molecule has 0 aliphatic carbocycles. The smallest absolute Gasteiger partial charge is 0.225 e. The number of aromatic nitrogens is 2. The summed E-state index contributed by atoms with van der Waals surface area (Å²) < 4.78 is 0. The zero-order chi connectivity index (χ0) is 17.3. The van der Waals surface area contributed by atoms with E-state index in [1.165, 1.54) is 11.1 Å². The molecule has 0 spiro atoms. The summed E-state index contributed by atoms with van der Waals surface area (Å²) in [7, 11) is 0. The molecular formula is C20H28N4. The van der Waals surface area contributed by atoms with Gasteiger partial charge >= 0.3 is 0 Å². The molecule has 2 aromatic rings. The highest BCUT2D eigenvalue weighted by Crippen LogP contribution is 2.34. The predicted molar refractivity (Wildman–Crippen MR) is 101 cm³/mol. The monoisotopic (exact) mass is 324 g/mol. The van der Waals surface area contributed by atoms with Crippen molar-refractivity contribution < 1.29 is 0 Å². The minimum absolute atomic E-state index is 0.0305. The molecule has 1 aliphatic rings. The van der Waals surface area contributed by atoms with Gasteiger partial charge in [-0.05, 0) is 51.7 Å². The van der Waals surface area contributed by atoms with Crippen LogP contribution < -0.4 is 10.2 Å². The van der Waals surface area contributed by atoms with Gasteiger partial charge in [-0.1, -0.05) is 31.2 Å². The van der Waals surface area contributed by atoms with Crippen molar-refractivity contribution in [3.8, 4) is 0 Å². The van der Waals surface area contributed by atoms with Crippen LogP contribution >= 0.6 is 0 Å². The van der Waals surface area contributed by atoms with Crippen molar-refractivity contribution in [1.29, 1.82) is 0 Å². The second-order valence-electron chi connectivity index (χ2n) is 7.49. The van der Waals surface area contributed by atoms with E-state index in [0.717, 1.165) is 36.8 Å². The van der Waals surface area contributed by atoms with Crippen LogP contribution in [0.1, 0.15) is 50.9 Å². The Morgan fingerprint density at radius 2 is 1.92 bits per heavy atom. The van der Waals surface area contributed by atoms with Crippen molar-refractivity contribution in [3.05, 3.63) is 47.2 Å². The minimum atomic E-state index is 0.0305. The highest BCUT2D eigenvalue weighted by atomic mass is 15.3. The second kappa shape index (κ2) is 6.42. The summed E-state index contributed by atoms with van der Waals surface area (Å²) in [4.78, 5) is 11.8. The Morgan fingerprint density at radius 3 is 2.62 bits per heavy atom. The van der Waals surface area contributed by atoms with Crippen LogP contribution in [0.4, 0.5) is 11.8 Å². The van der Waals surface area contributed by atoms with E-state index in [4.69, 9.17) is 4.98 Å². The van der Waals surface area contributed by atoms with E-state index >= 15 is 0 Å². The fourth-order valence-electron chi connectivity index (χ4n) is 3.30. The molecule has 0 fully saturated rings. The van der Waals surface area contributed by atoms with E-state index in [-0.39, 0.29) is 5.54 Å². The highest BCUT2D eigenvalue weighted by molar-refractivity contribution is 5.51. The molecule has 1 aromatic carbocycles. The van der Waals surface area contributed by atoms with E-state index in [0.29, 0.717) is 6.04 Å². The second-order valence-corrected chi connectivity index (χ2v) is 7.49. The summed E-state index contributed by atoms with van der Waals surface area (Å²) in [5.74, 6) is 1.74. The lowest BCUT2D eigenvalue weighted by Crippen LogP contribution is -2.49. The normalized spacial score (nSPS) is 17.3. The molecule has 24 heavy (non-hydrogen) atoms. The SMILES string of the molecule is CC[C@@H](C)Nc1nc(C)cc(N2Cc3ccccc3CC2(C)C)n1. The summed E-state index contributed by atoms with van der Waals surface area (Å²) in [6, 6.07) is 11.2. The first kappa shape index (κ1) is 16.7. The molecule has 1 atom stereocenters. The topological polar surface area (TPSA) is 41.1 Å². The fraction of sp³-hybridized carbons (Fsp3) is 0.500. The summed E-state index contributed by atoms with van der Waals surface area (Å²) in [6.07, 6.45) is 2.08. The number of aryl methyl sites for hydroxylation is 1. The fourth-order valence-corrected chi connectivity index (χ4v) is 3.30. The first-order valence-corrected chi connectivity index (χ1v) is 8.85. The molecule has 128 valence electrons. The number of rotatable bonds is 4. The molecule has 4 heteroatoms. The zero-order valence-corrected chi connectivity index (χ0v) is 15.4. The average molecular weight is 324 g/mol. The number of hydrogen-bond donors (Lipinski definition) is 1. The summed E-state index contributed by atoms with van der Waals surface area (Å²) in [6.45, 7) is 11.8. The number of benzene rings is 1. The number of nitrogens with zero attached hydrogens (tertiary/aromatic N) is 3. The van der Waals surface area contributed by atoms with Crippen molar-refractivity contribution in [2.24, 2.45) is 0 Å². The maximum absolute atomic E-state index is 4.82. The lowest BCUT2D eigenvalue weighted by molar-refractivity contribution is 0.427. The van der Waals surface area contributed by atoms with E-state index in [9.17, 15) is 0 Å². The number of fused-ring (bicyclic) bond motifs is 1. The largest absolute Gasteiger partial charge is 0.352 e. The van der Waals surface area contributed by atoms with Crippen LogP contribution in [0.3, 0.4) is 0 Å². The summed E-state index contributed by atoms with van der Waals surface area (Å²) in [5, 5.41) is 3.41. The van der Waals surface area contributed by atoms with E-state index in [1.54, 1.807) is 0 Å². The van der Waals surface area contributed by atoms with Gasteiger partial charge in [0.2, 0.25) is 5.95 Å². The van der Waals surface area contributed by atoms with Crippen molar-refractivity contribution >= 4 is 11.8 Å². The van der Waals surface area contributed by atoms with Gasteiger partial charge in [0.1, 0.15) is 5.82 Å². The molecule has 1 N–H and O–H groups in total. The summed E-state index contributed by atoms with van der Waals surface area (Å²) >= 11 is 0. The Labute approximate surface area is 145 Å². The third-order valence-electron chi connectivity index (χ3n) is 4.91. The van der Waals surface area contributed by atoms with Crippen LogP contribution in [0.25, 0.3) is 0 Å². The average Bonchev–Trinajstić information content (AvgIpc) is 2.52. The molecule has 2 heterocycles. The minimum Gasteiger partial charge on any atom is -0.352 e. The van der Waals surface area contributed by atoms with Crippen molar-refractivity contribution in [3.63, 3.8) is 0 Å². The van der Waals surface area contributed by atoms with Gasteiger partial charge in [0.05, 0.1) is 0 Å². The Morgan fingerprint density at radius 1 is 1.21 bits per heavy atom. The number of hydrogen-bond acceptors (Lipinski definition) is 4. The molecule has 0 saturated heterocycles. The quantitative estimate of drug-likeness (QED) is 0.908.